The smallest absolute Gasteiger partial charge is 0.225 e. The van der Waals surface area contributed by atoms with Crippen molar-refractivity contribution in [1.29, 1.82) is 0 Å². The van der Waals surface area contributed by atoms with Gasteiger partial charge < -0.3 is 0 Å². The van der Waals surface area contributed by atoms with Gasteiger partial charge in [0.15, 0.2) is 0 Å². The molecule has 0 fully saturated rings. The second-order valence-electron chi connectivity index (χ2n) is 6.52. The summed E-state index contributed by atoms with van der Waals surface area (Å²) in [5.41, 5.74) is 2.73. The third-order valence-electron chi connectivity index (χ3n) is 3.97. The number of halogens is 1. The summed E-state index contributed by atoms with van der Waals surface area (Å²) in [5.74, 6) is 0.962. The van der Waals surface area contributed by atoms with Crippen LogP contribution in [0.4, 0.5) is 0 Å². The highest BCUT2D eigenvalue weighted by atomic mass is 35.5. The zero-order valence-corrected chi connectivity index (χ0v) is 13.0. The number of fused-ring (bicyclic) bond motifs is 1. The molecule has 1 aliphatic rings. The second-order valence-corrected chi connectivity index (χ2v) is 6.86. The maximum absolute atomic E-state index is 6.34. The molecular formula is C16H20ClN3. The second kappa shape index (κ2) is 4.88. The first-order valence-electron chi connectivity index (χ1n) is 7.17. The Hall–Kier alpha value is -1.35. The summed E-state index contributed by atoms with van der Waals surface area (Å²) < 4.78 is 2.12. The number of nitrogens with zero attached hydrogens (tertiary/aromatic N) is 3. The minimum atomic E-state index is -0.0630. The van der Waals surface area contributed by atoms with Gasteiger partial charge in [0.05, 0.1) is 6.04 Å². The number of hydrogen-bond acceptors (Lipinski definition) is 2. The Kier molecular flexibility index (Phi) is 3.33. The van der Waals surface area contributed by atoms with Crippen LogP contribution in [0.25, 0.3) is 0 Å². The molecule has 0 saturated heterocycles. The van der Waals surface area contributed by atoms with Crippen LogP contribution in [0.15, 0.2) is 24.3 Å². The van der Waals surface area contributed by atoms with E-state index in [-0.39, 0.29) is 11.5 Å². The zero-order chi connectivity index (χ0) is 14.3. The van der Waals surface area contributed by atoms with Crippen LogP contribution >= 0.6 is 11.6 Å². The van der Waals surface area contributed by atoms with Crippen LogP contribution in [-0.2, 0) is 11.8 Å². The summed E-state index contributed by atoms with van der Waals surface area (Å²) in [6.07, 6.45) is 3.43. The SMILES string of the molecule is CC(C)(C)c1nnc(Cl)n1C1CCCc2ccccc21. The molecule has 0 N–H and O–H groups in total. The molecule has 0 aliphatic heterocycles. The normalized spacial score (nSPS) is 18.9. The van der Waals surface area contributed by atoms with E-state index in [1.165, 1.54) is 17.5 Å². The molecular weight excluding hydrogens is 270 g/mol. The van der Waals surface area contributed by atoms with Gasteiger partial charge in [-0.05, 0) is 42.0 Å². The molecule has 0 radical (unpaired) electrons. The molecule has 1 atom stereocenters. The van der Waals surface area contributed by atoms with E-state index in [2.05, 4.69) is 59.8 Å². The highest BCUT2D eigenvalue weighted by Crippen LogP contribution is 2.37. The lowest BCUT2D eigenvalue weighted by atomic mass is 9.86. The van der Waals surface area contributed by atoms with Crippen molar-refractivity contribution in [3.63, 3.8) is 0 Å². The lowest BCUT2D eigenvalue weighted by molar-refractivity contribution is 0.430. The van der Waals surface area contributed by atoms with Crippen LogP contribution in [0.3, 0.4) is 0 Å². The Morgan fingerprint density at radius 1 is 1.20 bits per heavy atom. The fraction of sp³-hybridized carbons (Fsp3) is 0.500. The first-order chi connectivity index (χ1) is 9.48. The van der Waals surface area contributed by atoms with E-state index < -0.39 is 0 Å². The minimum absolute atomic E-state index is 0.0630. The van der Waals surface area contributed by atoms with Gasteiger partial charge in [-0.15, -0.1) is 10.2 Å². The predicted octanol–water partition coefficient (Wildman–Crippen LogP) is 4.15. The number of rotatable bonds is 1. The van der Waals surface area contributed by atoms with Gasteiger partial charge in [0.25, 0.3) is 0 Å². The van der Waals surface area contributed by atoms with Crippen LogP contribution in [0.1, 0.15) is 56.6 Å². The summed E-state index contributed by atoms with van der Waals surface area (Å²) in [4.78, 5) is 0. The van der Waals surface area contributed by atoms with Crippen LogP contribution < -0.4 is 0 Å². The van der Waals surface area contributed by atoms with E-state index in [1.54, 1.807) is 0 Å². The lowest BCUT2D eigenvalue weighted by Crippen LogP contribution is -2.25. The van der Waals surface area contributed by atoms with Gasteiger partial charge in [0, 0.05) is 5.41 Å². The van der Waals surface area contributed by atoms with Gasteiger partial charge in [-0.2, -0.15) is 0 Å². The van der Waals surface area contributed by atoms with Crippen molar-refractivity contribution < 1.29 is 0 Å². The first-order valence-corrected chi connectivity index (χ1v) is 7.55. The average molecular weight is 290 g/mol. The van der Waals surface area contributed by atoms with Crippen LogP contribution in [0.5, 0.6) is 0 Å². The fourth-order valence-electron chi connectivity index (χ4n) is 3.06. The molecule has 2 aromatic rings. The van der Waals surface area contributed by atoms with Crippen molar-refractivity contribution in [2.75, 3.05) is 0 Å². The molecule has 1 aromatic carbocycles. The monoisotopic (exact) mass is 289 g/mol. The minimum Gasteiger partial charge on any atom is -0.294 e. The predicted molar refractivity (Wildman–Crippen MR) is 81.3 cm³/mol. The molecule has 4 heteroatoms. The summed E-state index contributed by atoms with van der Waals surface area (Å²) in [6.45, 7) is 6.45. The van der Waals surface area contributed by atoms with Gasteiger partial charge in [-0.1, -0.05) is 45.0 Å². The third kappa shape index (κ3) is 2.24. The molecule has 0 amide bonds. The molecule has 0 bridgehead atoms. The van der Waals surface area contributed by atoms with Crippen LogP contribution in [0, 0.1) is 0 Å². The molecule has 1 heterocycles. The molecule has 1 aromatic heterocycles. The van der Waals surface area contributed by atoms with Crippen LogP contribution in [0.2, 0.25) is 5.28 Å². The van der Waals surface area contributed by atoms with E-state index >= 15 is 0 Å². The van der Waals surface area contributed by atoms with E-state index in [0.717, 1.165) is 18.7 Å². The van der Waals surface area contributed by atoms with Crippen molar-refractivity contribution in [3.8, 4) is 0 Å². The van der Waals surface area contributed by atoms with Crippen LogP contribution in [-0.4, -0.2) is 14.8 Å². The van der Waals surface area contributed by atoms with E-state index in [0.29, 0.717) is 5.28 Å². The van der Waals surface area contributed by atoms with Gasteiger partial charge in [-0.25, -0.2) is 0 Å². The quantitative estimate of drug-likeness (QED) is 0.789. The number of aryl methyl sites for hydroxylation is 1. The van der Waals surface area contributed by atoms with Crippen molar-refractivity contribution >= 4 is 11.6 Å². The Balaban J connectivity index is 2.14. The third-order valence-corrected chi connectivity index (χ3v) is 4.23. The molecule has 3 nitrogen and oxygen atoms in total. The molecule has 1 aliphatic carbocycles. The van der Waals surface area contributed by atoms with Crippen molar-refractivity contribution in [3.05, 3.63) is 46.5 Å². The lowest BCUT2D eigenvalue weighted by Gasteiger charge is -2.30. The topological polar surface area (TPSA) is 30.7 Å². The summed E-state index contributed by atoms with van der Waals surface area (Å²) >= 11 is 6.34. The van der Waals surface area contributed by atoms with Gasteiger partial charge in [-0.3, -0.25) is 4.57 Å². The summed E-state index contributed by atoms with van der Waals surface area (Å²) in [5, 5.41) is 8.92. The molecule has 0 saturated carbocycles. The maximum atomic E-state index is 6.34. The van der Waals surface area contributed by atoms with E-state index in [9.17, 15) is 0 Å². The Morgan fingerprint density at radius 2 is 1.95 bits per heavy atom. The molecule has 0 spiro atoms. The highest BCUT2D eigenvalue weighted by molar-refractivity contribution is 6.28. The fourth-order valence-corrected chi connectivity index (χ4v) is 3.29. The van der Waals surface area contributed by atoms with Gasteiger partial charge >= 0.3 is 0 Å². The number of aromatic nitrogens is 3. The van der Waals surface area contributed by atoms with Crippen molar-refractivity contribution in [1.82, 2.24) is 14.8 Å². The number of benzene rings is 1. The Labute approximate surface area is 125 Å². The molecule has 20 heavy (non-hydrogen) atoms. The molecule has 1 unspecified atom stereocenters. The average Bonchev–Trinajstić information content (AvgIpc) is 2.80. The van der Waals surface area contributed by atoms with Crippen molar-refractivity contribution in [2.24, 2.45) is 0 Å². The summed E-state index contributed by atoms with van der Waals surface area (Å²) in [6, 6.07) is 8.90. The number of hydrogen-bond donors (Lipinski definition) is 0. The van der Waals surface area contributed by atoms with Gasteiger partial charge in [0.1, 0.15) is 5.82 Å². The molecule has 3 rings (SSSR count). The highest BCUT2D eigenvalue weighted by Gasteiger charge is 2.30. The van der Waals surface area contributed by atoms with E-state index in [4.69, 9.17) is 11.6 Å². The zero-order valence-electron chi connectivity index (χ0n) is 12.2. The molecule has 106 valence electrons. The summed E-state index contributed by atoms with van der Waals surface area (Å²) in [7, 11) is 0. The first kappa shape index (κ1) is 13.6. The Morgan fingerprint density at radius 3 is 2.70 bits per heavy atom. The van der Waals surface area contributed by atoms with Gasteiger partial charge in [0.2, 0.25) is 5.28 Å². The van der Waals surface area contributed by atoms with Crippen molar-refractivity contribution in [2.45, 2.75) is 51.5 Å². The maximum Gasteiger partial charge on any atom is 0.225 e. The standard InChI is InChI=1S/C16H20ClN3/c1-16(2,3)14-18-19-15(17)20(14)13-10-6-8-11-7-4-5-9-12(11)13/h4-5,7,9,13H,6,8,10H2,1-3H3. The van der Waals surface area contributed by atoms with E-state index in [1.807, 2.05) is 0 Å². The Bertz CT molecular complexity index is 625. The largest absolute Gasteiger partial charge is 0.294 e.